The molecule has 0 radical (unpaired) electrons. The van der Waals surface area contributed by atoms with Gasteiger partial charge in [0.2, 0.25) is 0 Å². The lowest BCUT2D eigenvalue weighted by atomic mass is 10.0. The maximum atomic E-state index is 11.9. The molecule has 2 N–H and O–H groups in total. The summed E-state index contributed by atoms with van der Waals surface area (Å²) in [7, 11) is 1.36. The zero-order valence-corrected chi connectivity index (χ0v) is 24.3. The first kappa shape index (κ1) is 29.5. The highest BCUT2D eigenvalue weighted by molar-refractivity contribution is 5.96. The van der Waals surface area contributed by atoms with Crippen molar-refractivity contribution >= 4 is 11.7 Å². The highest BCUT2D eigenvalue weighted by Crippen LogP contribution is 2.27. The molecule has 4 aromatic rings. The number of nitrogens with zero attached hydrogens (tertiary/aromatic N) is 1. The molecule has 1 heterocycles. The van der Waals surface area contributed by atoms with Crippen LogP contribution in [0.1, 0.15) is 52.4 Å². The van der Waals surface area contributed by atoms with E-state index in [2.05, 4.69) is 83.8 Å². The molecule has 0 aromatic heterocycles. The van der Waals surface area contributed by atoms with Gasteiger partial charge in [0.05, 0.1) is 18.8 Å². The predicted octanol–water partition coefficient (Wildman–Crippen LogP) is 7.05. The third-order valence-electron chi connectivity index (χ3n) is 7.76. The van der Waals surface area contributed by atoms with Crippen molar-refractivity contribution in [3.05, 3.63) is 125 Å². The van der Waals surface area contributed by atoms with Crippen molar-refractivity contribution in [2.24, 2.45) is 0 Å². The minimum absolute atomic E-state index is 0.0844. The molecule has 5 rings (SSSR count). The van der Waals surface area contributed by atoms with E-state index >= 15 is 0 Å². The lowest BCUT2D eigenvalue weighted by Crippen LogP contribution is -2.34. The van der Waals surface area contributed by atoms with Gasteiger partial charge < -0.3 is 19.9 Å². The van der Waals surface area contributed by atoms with E-state index in [1.54, 1.807) is 6.07 Å². The topological polar surface area (TPSA) is 74.0 Å². The van der Waals surface area contributed by atoms with E-state index in [0.29, 0.717) is 11.3 Å². The highest BCUT2D eigenvalue weighted by atomic mass is 16.7. The first-order valence-electron chi connectivity index (χ1n) is 14.7. The predicted molar refractivity (Wildman–Crippen MR) is 167 cm³/mol. The van der Waals surface area contributed by atoms with Gasteiger partial charge in [0.1, 0.15) is 0 Å². The van der Waals surface area contributed by atoms with Crippen molar-refractivity contribution in [2.75, 3.05) is 32.5 Å². The van der Waals surface area contributed by atoms with Crippen LogP contribution < -0.4 is 5.73 Å². The Morgan fingerprint density at radius 3 is 2.29 bits per heavy atom. The molecular weight excluding hydrogens is 524 g/mol. The minimum Gasteiger partial charge on any atom is -0.465 e. The molecular formula is C36H40N2O4. The maximum absolute atomic E-state index is 11.9. The van der Waals surface area contributed by atoms with Crippen molar-refractivity contribution in [3.8, 4) is 11.1 Å². The van der Waals surface area contributed by atoms with Crippen molar-refractivity contribution in [2.45, 2.75) is 44.6 Å². The van der Waals surface area contributed by atoms with Gasteiger partial charge in [-0.25, -0.2) is 4.79 Å². The number of nitrogen functional groups attached to an aromatic ring is 1. The van der Waals surface area contributed by atoms with Crippen LogP contribution in [-0.4, -0.2) is 44.0 Å². The summed E-state index contributed by atoms with van der Waals surface area (Å²) < 4.78 is 17.4. The van der Waals surface area contributed by atoms with Crippen LogP contribution in [0.2, 0.25) is 0 Å². The van der Waals surface area contributed by atoms with Gasteiger partial charge in [-0.1, -0.05) is 91.0 Å². The molecule has 1 saturated heterocycles. The second kappa shape index (κ2) is 14.8. The summed E-state index contributed by atoms with van der Waals surface area (Å²) in [5, 5.41) is 0. The number of benzene rings is 4. The van der Waals surface area contributed by atoms with Crippen LogP contribution in [0.3, 0.4) is 0 Å². The fourth-order valence-electron chi connectivity index (χ4n) is 5.40. The Labute approximate surface area is 249 Å². The summed E-state index contributed by atoms with van der Waals surface area (Å²) in [6.07, 6.45) is 3.83. The van der Waals surface area contributed by atoms with E-state index in [1.165, 1.54) is 23.8 Å². The average Bonchev–Trinajstić information content (AvgIpc) is 3.04. The Bertz CT molecular complexity index is 1400. The van der Waals surface area contributed by atoms with E-state index in [1.807, 2.05) is 18.2 Å². The molecule has 6 nitrogen and oxygen atoms in total. The lowest BCUT2D eigenvalue weighted by Gasteiger charge is -2.32. The molecule has 1 aliphatic rings. The Hall–Kier alpha value is -3.97. The van der Waals surface area contributed by atoms with Gasteiger partial charge in [0.25, 0.3) is 0 Å². The van der Waals surface area contributed by atoms with Crippen LogP contribution in [-0.2, 0) is 27.2 Å². The van der Waals surface area contributed by atoms with Gasteiger partial charge in [-0.2, -0.15) is 0 Å². The van der Waals surface area contributed by atoms with Crippen molar-refractivity contribution in [3.63, 3.8) is 0 Å². The Balaban J connectivity index is 1.30. The number of methoxy groups -OCH3 is 1. The van der Waals surface area contributed by atoms with E-state index in [9.17, 15) is 4.79 Å². The van der Waals surface area contributed by atoms with E-state index < -0.39 is 5.97 Å². The van der Waals surface area contributed by atoms with E-state index in [0.717, 1.165) is 63.1 Å². The van der Waals surface area contributed by atoms with Crippen molar-refractivity contribution in [1.29, 1.82) is 0 Å². The Morgan fingerprint density at radius 2 is 1.62 bits per heavy atom. The third kappa shape index (κ3) is 8.07. The van der Waals surface area contributed by atoms with E-state index in [4.69, 9.17) is 19.9 Å². The number of carbonyl (C=O) groups is 1. The van der Waals surface area contributed by atoms with Gasteiger partial charge in [0, 0.05) is 31.9 Å². The molecule has 1 aliphatic heterocycles. The van der Waals surface area contributed by atoms with Crippen LogP contribution >= 0.6 is 0 Å². The number of carbonyl (C=O) groups excluding carboxylic acids is 1. The molecule has 2 atom stereocenters. The molecule has 0 saturated carbocycles. The van der Waals surface area contributed by atoms with Gasteiger partial charge >= 0.3 is 5.97 Å². The molecule has 6 heteroatoms. The van der Waals surface area contributed by atoms with Crippen LogP contribution in [0.15, 0.2) is 103 Å². The number of hydrogen-bond donors (Lipinski definition) is 1. The first-order valence-corrected chi connectivity index (χ1v) is 14.7. The lowest BCUT2D eigenvalue weighted by molar-refractivity contribution is -0.193. The second-order valence-electron chi connectivity index (χ2n) is 10.8. The fourth-order valence-corrected chi connectivity index (χ4v) is 5.40. The summed E-state index contributed by atoms with van der Waals surface area (Å²) in [4.78, 5) is 14.4. The van der Waals surface area contributed by atoms with Crippen LogP contribution in [0.4, 0.5) is 5.69 Å². The second-order valence-corrected chi connectivity index (χ2v) is 10.8. The highest BCUT2D eigenvalue weighted by Gasteiger charge is 2.23. The SMILES string of the molecule is COC(=O)c1ccc(-c2ccc(CCN(Cc3ccccc3)C[C@H](OC3CCCCO3)c3ccccc3)cc2)cc1N. The largest absolute Gasteiger partial charge is 0.465 e. The summed E-state index contributed by atoms with van der Waals surface area (Å²) in [5.41, 5.74) is 12.6. The first-order chi connectivity index (χ1) is 20.6. The normalized spacial score (nSPS) is 15.8. The Kier molecular flexibility index (Phi) is 10.4. The van der Waals surface area contributed by atoms with Crippen LogP contribution in [0.5, 0.6) is 0 Å². The van der Waals surface area contributed by atoms with Gasteiger partial charge in [0.15, 0.2) is 6.29 Å². The number of ether oxygens (including phenoxy) is 3. The molecule has 42 heavy (non-hydrogen) atoms. The quantitative estimate of drug-likeness (QED) is 0.147. The number of hydrogen-bond acceptors (Lipinski definition) is 6. The third-order valence-corrected chi connectivity index (χ3v) is 7.76. The Morgan fingerprint density at radius 1 is 0.905 bits per heavy atom. The smallest absolute Gasteiger partial charge is 0.339 e. The molecule has 0 bridgehead atoms. The number of esters is 1. The van der Waals surface area contributed by atoms with Crippen molar-refractivity contribution in [1.82, 2.24) is 4.90 Å². The maximum Gasteiger partial charge on any atom is 0.339 e. The fraction of sp³-hybridized carbons (Fsp3) is 0.306. The minimum atomic E-state index is -0.430. The number of nitrogens with two attached hydrogens (primary N) is 1. The van der Waals surface area contributed by atoms with E-state index in [-0.39, 0.29) is 12.4 Å². The molecule has 0 aliphatic carbocycles. The zero-order chi connectivity index (χ0) is 29.1. The monoisotopic (exact) mass is 564 g/mol. The standard InChI is InChI=1S/C36H40N2O4/c1-40-36(39)32-20-19-31(24-33(32)37)29-17-15-27(16-18-29)21-22-38(25-28-10-4-2-5-11-28)26-34(30-12-6-3-7-13-30)42-35-14-8-9-23-41-35/h2-7,10-13,15-20,24,34-35H,8-9,14,21-23,25-26,37H2,1H3/t34-,35?/m0/s1. The average molecular weight is 565 g/mol. The molecule has 1 unspecified atom stereocenters. The van der Waals surface area contributed by atoms with Crippen molar-refractivity contribution < 1.29 is 19.0 Å². The molecule has 1 fully saturated rings. The van der Waals surface area contributed by atoms with Crippen LogP contribution in [0.25, 0.3) is 11.1 Å². The number of rotatable bonds is 12. The van der Waals surface area contributed by atoms with Gasteiger partial charge in [-0.3, -0.25) is 4.90 Å². The number of anilines is 1. The summed E-state index contributed by atoms with van der Waals surface area (Å²) in [6, 6.07) is 35.1. The molecule has 218 valence electrons. The summed E-state index contributed by atoms with van der Waals surface area (Å²) in [6.45, 7) is 3.25. The summed E-state index contributed by atoms with van der Waals surface area (Å²) in [5.74, 6) is -0.430. The van der Waals surface area contributed by atoms with Crippen LogP contribution in [0, 0.1) is 0 Å². The van der Waals surface area contributed by atoms with Gasteiger partial charge in [-0.15, -0.1) is 0 Å². The molecule has 0 amide bonds. The van der Waals surface area contributed by atoms with Gasteiger partial charge in [-0.05, 0) is 65.6 Å². The molecule has 4 aromatic carbocycles. The zero-order valence-electron chi connectivity index (χ0n) is 24.3. The molecule has 0 spiro atoms. The summed E-state index contributed by atoms with van der Waals surface area (Å²) >= 11 is 0.